The Morgan fingerprint density at radius 2 is 2.00 bits per heavy atom. The van der Waals surface area contributed by atoms with E-state index in [-0.39, 0.29) is 0 Å². The van der Waals surface area contributed by atoms with Crippen molar-refractivity contribution < 1.29 is 9.15 Å². The highest BCUT2D eigenvalue weighted by molar-refractivity contribution is 5.68. The van der Waals surface area contributed by atoms with Crippen LogP contribution in [0.4, 0.5) is 5.69 Å². The first-order valence-electron chi connectivity index (χ1n) is 6.70. The minimum Gasteiger partial charge on any atom is -0.496 e. The van der Waals surface area contributed by atoms with Gasteiger partial charge in [0, 0.05) is 18.5 Å². The fraction of sp³-hybridized carbons (Fsp3) is 0.125. The molecule has 2 heterocycles. The minimum atomic E-state index is 0.509. The van der Waals surface area contributed by atoms with Crippen LogP contribution in [0.3, 0.4) is 0 Å². The largest absolute Gasteiger partial charge is 0.496 e. The lowest BCUT2D eigenvalue weighted by Crippen LogP contribution is -1.86. The molecular formula is C16H14N4O2. The SMILES string of the molecule is COc1cc(N=NCc2ccncc2)ccc1-c1cnco1. The molecule has 0 spiro atoms. The molecule has 0 N–H and O–H groups in total. The molecule has 0 fully saturated rings. The maximum absolute atomic E-state index is 5.38. The Morgan fingerprint density at radius 3 is 2.73 bits per heavy atom. The maximum atomic E-state index is 5.38. The van der Waals surface area contributed by atoms with Crippen molar-refractivity contribution in [2.75, 3.05) is 7.11 Å². The molecule has 0 radical (unpaired) electrons. The van der Waals surface area contributed by atoms with E-state index in [1.165, 1.54) is 6.39 Å². The fourth-order valence-electron chi connectivity index (χ4n) is 1.98. The van der Waals surface area contributed by atoms with Crippen LogP contribution in [0.15, 0.2) is 70.0 Å². The third-order valence-corrected chi connectivity index (χ3v) is 3.07. The van der Waals surface area contributed by atoms with Crippen molar-refractivity contribution in [3.63, 3.8) is 0 Å². The van der Waals surface area contributed by atoms with Gasteiger partial charge in [-0.2, -0.15) is 10.2 Å². The third-order valence-electron chi connectivity index (χ3n) is 3.07. The molecule has 0 unspecified atom stereocenters. The number of ether oxygens (including phenoxy) is 1. The van der Waals surface area contributed by atoms with Crippen molar-refractivity contribution in [3.8, 4) is 17.1 Å². The van der Waals surface area contributed by atoms with Crippen LogP contribution >= 0.6 is 0 Å². The van der Waals surface area contributed by atoms with E-state index in [0.717, 1.165) is 11.1 Å². The normalized spacial score (nSPS) is 11.0. The van der Waals surface area contributed by atoms with Crippen molar-refractivity contribution in [2.24, 2.45) is 10.2 Å². The van der Waals surface area contributed by atoms with Crippen LogP contribution < -0.4 is 4.74 Å². The topological polar surface area (TPSA) is 72.9 Å². The summed E-state index contributed by atoms with van der Waals surface area (Å²) in [6.07, 6.45) is 6.50. The molecule has 0 bridgehead atoms. The summed E-state index contributed by atoms with van der Waals surface area (Å²) in [6.45, 7) is 0.509. The van der Waals surface area contributed by atoms with Crippen molar-refractivity contribution >= 4 is 5.69 Å². The van der Waals surface area contributed by atoms with Gasteiger partial charge in [-0.05, 0) is 29.8 Å². The number of aromatic nitrogens is 2. The summed E-state index contributed by atoms with van der Waals surface area (Å²) in [5, 5.41) is 8.40. The minimum absolute atomic E-state index is 0.509. The number of benzene rings is 1. The van der Waals surface area contributed by atoms with Crippen molar-refractivity contribution in [3.05, 3.63) is 60.9 Å². The molecule has 110 valence electrons. The Labute approximate surface area is 127 Å². The van der Waals surface area contributed by atoms with Crippen LogP contribution in [0, 0.1) is 0 Å². The standard InChI is InChI=1S/C16H14N4O2/c1-21-15-8-13(2-3-14(15)16-10-18-11-22-16)20-19-9-12-4-6-17-7-5-12/h2-8,10-11H,9H2,1H3. The van der Waals surface area contributed by atoms with E-state index >= 15 is 0 Å². The molecule has 3 rings (SSSR count). The van der Waals surface area contributed by atoms with E-state index in [1.807, 2.05) is 30.3 Å². The zero-order chi connectivity index (χ0) is 15.2. The van der Waals surface area contributed by atoms with Crippen LogP contribution in [-0.4, -0.2) is 17.1 Å². The van der Waals surface area contributed by atoms with Crippen molar-refractivity contribution in [2.45, 2.75) is 6.54 Å². The summed E-state index contributed by atoms with van der Waals surface area (Å²) in [5.41, 5.74) is 2.60. The summed E-state index contributed by atoms with van der Waals surface area (Å²) in [6, 6.07) is 9.36. The molecule has 1 aromatic carbocycles. The first-order chi connectivity index (χ1) is 10.9. The van der Waals surface area contributed by atoms with Gasteiger partial charge in [0.15, 0.2) is 12.2 Å². The Hall–Kier alpha value is -3.02. The number of oxazole rings is 1. The Kier molecular flexibility index (Phi) is 4.20. The van der Waals surface area contributed by atoms with Crippen LogP contribution in [0.2, 0.25) is 0 Å². The summed E-state index contributed by atoms with van der Waals surface area (Å²) in [7, 11) is 1.60. The van der Waals surface area contributed by atoms with E-state index in [4.69, 9.17) is 9.15 Å². The van der Waals surface area contributed by atoms with Gasteiger partial charge in [-0.15, -0.1) is 0 Å². The van der Waals surface area contributed by atoms with Gasteiger partial charge in [0.25, 0.3) is 0 Å². The molecular weight excluding hydrogens is 280 g/mol. The fourth-order valence-corrected chi connectivity index (χ4v) is 1.98. The predicted octanol–water partition coefficient (Wildman–Crippen LogP) is 4.03. The summed E-state index contributed by atoms with van der Waals surface area (Å²) >= 11 is 0. The second-order valence-electron chi connectivity index (χ2n) is 4.51. The number of rotatable bonds is 5. The summed E-state index contributed by atoms with van der Waals surface area (Å²) < 4.78 is 10.7. The van der Waals surface area contributed by atoms with Gasteiger partial charge in [-0.3, -0.25) is 4.98 Å². The second kappa shape index (κ2) is 6.62. The highest BCUT2D eigenvalue weighted by Gasteiger charge is 2.09. The molecule has 0 amide bonds. The second-order valence-corrected chi connectivity index (χ2v) is 4.51. The van der Waals surface area contributed by atoms with Gasteiger partial charge in [-0.25, -0.2) is 4.98 Å². The van der Waals surface area contributed by atoms with Gasteiger partial charge in [0.2, 0.25) is 0 Å². The first-order valence-corrected chi connectivity index (χ1v) is 6.70. The molecule has 0 aliphatic heterocycles. The predicted molar refractivity (Wildman–Crippen MR) is 80.9 cm³/mol. The van der Waals surface area contributed by atoms with Crippen LogP contribution in [-0.2, 0) is 6.54 Å². The summed E-state index contributed by atoms with van der Waals surface area (Å²) in [4.78, 5) is 7.88. The van der Waals surface area contributed by atoms with E-state index in [2.05, 4.69) is 20.2 Å². The molecule has 2 aromatic heterocycles. The zero-order valence-electron chi connectivity index (χ0n) is 12.0. The third kappa shape index (κ3) is 3.17. The molecule has 0 aliphatic carbocycles. The van der Waals surface area contributed by atoms with Crippen LogP contribution in [0.5, 0.6) is 5.75 Å². The van der Waals surface area contributed by atoms with Gasteiger partial charge >= 0.3 is 0 Å². The molecule has 3 aromatic rings. The zero-order valence-corrected chi connectivity index (χ0v) is 12.0. The molecule has 6 nitrogen and oxygen atoms in total. The number of hydrogen-bond acceptors (Lipinski definition) is 6. The number of azo groups is 1. The van der Waals surface area contributed by atoms with E-state index in [0.29, 0.717) is 23.7 Å². The number of nitrogens with zero attached hydrogens (tertiary/aromatic N) is 4. The molecule has 22 heavy (non-hydrogen) atoms. The van der Waals surface area contributed by atoms with Gasteiger partial charge in [0.1, 0.15) is 5.75 Å². The quantitative estimate of drug-likeness (QED) is 0.666. The lowest BCUT2D eigenvalue weighted by atomic mass is 10.1. The Morgan fingerprint density at radius 1 is 1.14 bits per heavy atom. The van der Waals surface area contributed by atoms with Gasteiger partial charge in [0.05, 0.1) is 31.1 Å². The number of methoxy groups -OCH3 is 1. The number of hydrogen-bond donors (Lipinski definition) is 0. The molecule has 0 atom stereocenters. The summed E-state index contributed by atoms with van der Waals surface area (Å²) in [5.74, 6) is 1.31. The average Bonchev–Trinajstić information content (AvgIpc) is 3.10. The lowest BCUT2D eigenvalue weighted by molar-refractivity contribution is 0.414. The van der Waals surface area contributed by atoms with E-state index in [9.17, 15) is 0 Å². The maximum Gasteiger partial charge on any atom is 0.181 e. The Bertz CT molecular complexity index is 755. The van der Waals surface area contributed by atoms with Gasteiger partial charge in [-0.1, -0.05) is 0 Å². The van der Waals surface area contributed by atoms with Crippen LogP contribution in [0.1, 0.15) is 5.56 Å². The van der Waals surface area contributed by atoms with Crippen molar-refractivity contribution in [1.82, 2.24) is 9.97 Å². The van der Waals surface area contributed by atoms with E-state index < -0.39 is 0 Å². The molecule has 0 saturated carbocycles. The lowest BCUT2D eigenvalue weighted by Gasteiger charge is -2.06. The highest BCUT2D eigenvalue weighted by Crippen LogP contribution is 2.33. The van der Waals surface area contributed by atoms with Gasteiger partial charge < -0.3 is 9.15 Å². The number of pyridine rings is 1. The molecule has 0 saturated heterocycles. The van der Waals surface area contributed by atoms with Crippen LogP contribution in [0.25, 0.3) is 11.3 Å². The Balaban J connectivity index is 1.78. The van der Waals surface area contributed by atoms with Crippen molar-refractivity contribution in [1.29, 1.82) is 0 Å². The van der Waals surface area contributed by atoms with E-state index in [1.54, 1.807) is 25.7 Å². The molecule has 0 aliphatic rings. The smallest absolute Gasteiger partial charge is 0.181 e. The monoisotopic (exact) mass is 294 g/mol. The highest BCUT2D eigenvalue weighted by atomic mass is 16.5. The molecule has 6 heteroatoms. The average molecular weight is 294 g/mol. The first kappa shape index (κ1) is 13.9.